The summed E-state index contributed by atoms with van der Waals surface area (Å²) in [6.07, 6.45) is 1.49. The van der Waals surface area contributed by atoms with Crippen molar-refractivity contribution in [2.24, 2.45) is 4.99 Å². The van der Waals surface area contributed by atoms with Gasteiger partial charge in [-0.3, -0.25) is 4.99 Å². The Morgan fingerprint density at radius 2 is 2.71 bits per heavy atom. The highest BCUT2D eigenvalue weighted by molar-refractivity contribution is 5.56. The summed E-state index contributed by atoms with van der Waals surface area (Å²) in [7, 11) is 0. The molecule has 0 aliphatic carbocycles. The van der Waals surface area contributed by atoms with Crippen LogP contribution < -0.4 is 5.59 Å². The van der Waals surface area contributed by atoms with E-state index in [-0.39, 0.29) is 0 Å². The summed E-state index contributed by atoms with van der Waals surface area (Å²) in [5.74, 6) is 0. The fourth-order valence-corrected chi connectivity index (χ4v) is 0.449. The second-order valence-electron chi connectivity index (χ2n) is 1.31. The molecule has 0 bridgehead atoms. The number of nitrogens with zero attached hydrogens (tertiary/aromatic N) is 2. The van der Waals surface area contributed by atoms with Crippen molar-refractivity contribution in [3.8, 4) is 0 Å². The van der Waals surface area contributed by atoms with Gasteiger partial charge in [0.15, 0.2) is 0 Å². The predicted molar refractivity (Wildman–Crippen MR) is 26.6 cm³/mol. The molecule has 1 rings (SSSR count). The highest BCUT2D eigenvalue weighted by Crippen LogP contribution is 1.84. The zero-order valence-corrected chi connectivity index (χ0v) is 3.79. The molecular weight excluding hydrogens is 94.1 g/mol. The Morgan fingerprint density at radius 1 is 1.86 bits per heavy atom. The zero-order chi connectivity index (χ0) is 5.11. The zero-order valence-electron chi connectivity index (χ0n) is 3.79. The average Bonchev–Trinajstić information content (AvgIpc) is 2.14. The lowest BCUT2D eigenvalue weighted by molar-refractivity contribution is 0.403. The first-order valence-electron chi connectivity index (χ1n) is 2.08. The first-order chi connectivity index (χ1) is 3.43. The van der Waals surface area contributed by atoms with Crippen LogP contribution in [0.4, 0.5) is 0 Å². The van der Waals surface area contributed by atoms with Crippen molar-refractivity contribution in [3.05, 3.63) is 5.21 Å². The Balaban J connectivity index is 2.28. The van der Waals surface area contributed by atoms with Gasteiger partial charge in [0.2, 0.25) is 0 Å². The summed E-state index contributed by atoms with van der Waals surface area (Å²) in [4.78, 5) is 3.77. The van der Waals surface area contributed by atoms with Crippen molar-refractivity contribution in [1.29, 1.82) is 0 Å². The van der Waals surface area contributed by atoms with Gasteiger partial charge in [-0.2, -0.15) is 0 Å². The van der Waals surface area contributed by atoms with Gasteiger partial charge in [-0.1, -0.05) is 0 Å². The van der Waals surface area contributed by atoms with E-state index in [0.717, 1.165) is 6.54 Å². The second-order valence-corrected chi connectivity index (χ2v) is 1.31. The maximum absolute atomic E-state index is 9.72. The number of rotatable bonds is 1. The van der Waals surface area contributed by atoms with E-state index in [1.54, 1.807) is 5.59 Å². The number of hydrazine groups is 1. The lowest BCUT2D eigenvalue weighted by Crippen LogP contribution is -2.30. The van der Waals surface area contributed by atoms with Crippen LogP contribution in [0.3, 0.4) is 0 Å². The van der Waals surface area contributed by atoms with Gasteiger partial charge in [0.05, 0.1) is 19.4 Å². The Bertz CT molecular complexity index is 82.2. The Labute approximate surface area is 41.4 Å². The van der Waals surface area contributed by atoms with Crippen molar-refractivity contribution in [1.82, 2.24) is 10.6 Å². The molecule has 0 aromatic carbocycles. The molecule has 0 aromatic rings. The molecule has 1 N–H and O–H groups in total. The third kappa shape index (κ3) is 0.880. The van der Waals surface area contributed by atoms with Crippen LogP contribution in [-0.4, -0.2) is 24.4 Å². The second kappa shape index (κ2) is 1.90. The lowest BCUT2D eigenvalue weighted by Gasteiger charge is -2.18. The van der Waals surface area contributed by atoms with E-state index in [1.807, 2.05) is 0 Å². The summed E-state index contributed by atoms with van der Waals surface area (Å²) in [6.45, 7) is 1.43. The molecule has 0 spiro atoms. The van der Waals surface area contributed by atoms with Crippen molar-refractivity contribution in [2.75, 3.05) is 13.1 Å². The maximum Gasteiger partial charge on any atom is 0.0985 e. The minimum absolute atomic E-state index is 0.698. The van der Waals surface area contributed by atoms with Crippen LogP contribution in [-0.2, 0) is 0 Å². The van der Waals surface area contributed by atoms with Crippen LogP contribution >= 0.6 is 0 Å². The highest BCUT2D eigenvalue weighted by Gasteiger charge is 1.96. The van der Waals surface area contributed by atoms with E-state index in [4.69, 9.17) is 0 Å². The first-order valence-corrected chi connectivity index (χ1v) is 2.08. The number of hydrogen-bond donors (Lipinski definition) is 1. The molecule has 0 fully saturated rings. The molecular formula is C3H6N3O-. The van der Waals surface area contributed by atoms with Crippen molar-refractivity contribution in [3.63, 3.8) is 0 Å². The molecule has 0 saturated carbocycles. The highest BCUT2D eigenvalue weighted by atomic mass is 16.5. The minimum Gasteiger partial charge on any atom is -0.770 e. The summed E-state index contributed by atoms with van der Waals surface area (Å²) < 4.78 is 0. The van der Waals surface area contributed by atoms with Crippen molar-refractivity contribution < 1.29 is 0 Å². The van der Waals surface area contributed by atoms with E-state index in [0.29, 0.717) is 6.54 Å². The van der Waals surface area contributed by atoms with E-state index in [1.165, 1.54) is 11.3 Å². The lowest BCUT2D eigenvalue weighted by atomic mass is 10.7. The van der Waals surface area contributed by atoms with E-state index in [9.17, 15) is 5.21 Å². The van der Waals surface area contributed by atoms with Crippen LogP contribution in [0.1, 0.15) is 0 Å². The molecule has 0 radical (unpaired) electrons. The number of hydrogen-bond acceptors (Lipinski definition) is 4. The molecule has 0 unspecified atom stereocenters. The summed E-state index contributed by atoms with van der Waals surface area (Å²) in [5, 5.41) is 11.1. The van der Waals surface area contributed by atoms with Crippen LogP contribution in [0.5, 0.6) is 0 Å². The molecule has 4 heteroatoms. The molecule has 4 nitrogen and oxygen atoms in total. The van der Waals surface area contributed by atoms with Gasteiger partial charge in [-0.15, -0.1) is 0 Å². The Hall–Kier alpha value is -0.610. The van der Waals surface area contributed by atoms with E-state index in [2.05, 4.69) is 4.99 Å². The topological polar surface area (TPSA) is 50.7 Å². The monoisotopic (exact) mass is 100 g/mol. The van der Waals surface area contributed by atoms with E-state index < -0.39 is 0 Å². The average molecular weight is 100 g/mol. The predicted octanol–water partition coefficient (Wildman–Crippen LogP) is -0.667. The molecule has 0 aromatic heterocycles. The normalized spacial score (nSPS) is 18.7. The third-order valence-corrected chi connectivity index (χ3v) is 0.808. The van der Waals surface area contributed by atoms with Crippen molar-refractivity contribution >= 4 is 6.34 Å². The van der Waals surface area contributed by atoms with Crippen LogP contribution in [0.25, 0.3) is 0 Å². The number of aliphatic imine (C=N–C) groups is 1. The smallest absolute Gasteiger partial charge is 0.0985 e. The molecule has 7 heavy (non-hydrogen) atoms. The fraction of sp³-hybridized carbons (Fsp3) is 0.667. The Kier molecular flexibility index (Phi) is 1.24. The molecule has 0 saturated heterocycles. The molecule has 1 aliphatic heterocycles. The quantitative estimate of drug-likeness (QED) is 0.445. The van der Waals surface area contributed by atoms with Crippen LogP contribution in [0.2, 0.25) is 0 Å². The molecule has 40 valence electrons. The van der Waals surface area contributed by atoms with Crippen molar-refractivity contribution in [2.45, 2.75) is 0 Å². The van der Waals surface area contributed by atoms with E-state index >= 15 is 0 Å². The standard InChI is InChI=1S/C3H6N3O/c7-5-6-2-1-4-3-6/h3,5H,1-2H2/q-1. The van der Waals surface area contributed by atoms with Gasteiger partial charge in [0, 0.05) is 0 Å². The van der Waals surface area contributed by atoms with Gasteiger partial charge in [0.25, 0.3) is 0 Å². The molecule has 1 aliphatic rings. The fourth-order valence-electron chi connectivity index (χ4n) is 0.449. The van der Waals surface area contributed by atoms with Gasteiger partial charge < -0.3 is 15.8 Å². The SMILES string of the molecule is [O-]NN1C=NCC1. The van der Waals surface area contributed by atoms with Gasteiger partial charge in [-0.05, 0) is 0 Å². The summed E-state index contributed by atoms with van der Waals surface area (Å²) >= 11 is 0. The Morgan fingerprint density at radius 3 is 3.00 bits per heavy atom. The first kappa shape index (κ1) is 4.55. The van der Waals surface area contributed by atoms with Crippen LogP contribution in [0.15, 0.2) is 4.99 Å². The van der Waals surface area contributed by atoms with Crippen LogP contribution in [0, 0.1) is 5.21 Å². The summed E-state index contributed by atoms with van der Waals surface area (Å²) in [6, 6.07) is 0. The maximum atomic E-state index is 9.72. The molecule has 0 atom stereocenters. The minimum atomic E-state index is 0.698. The van der Waals surface area contributed by atoms with Gasteiger partial charge in [-0.25, -0.2) is 0 Å². The number of nitrogens with one attached hydrogen (secondary N) is 1. The third-order valence-electron chi connectivity index (χ3n) is 0.808. The van der Waals surface area contributed by atoms with Gasteiger partial charge in [0.1, 0.15) is 0 Å². The molecule has 1 heterocycles. The van der Waals surface area contributed by atoms with Gasteiger partial charge >= 0.3 is 0 Å². The molecule has 0 amide bonds. The largest absolute Gasteiger partial charge is 0.770 e. The summed E-state index contributed by atoms with van der Waals surface area (Å²) in [5.41, 5.74) is 1.70.